The molecule has 0 aromatic heterocycles. The maximum absolute atomic E-state index is 11.7. The number of hydrogen-bond donors (Lipinski definition) is 2. The number of carbonyl (C=O) groups excluding carboxylic acids is 1. The van der Waals surface area contributed by atoms with Crippen molar-refractivity contribution >= 4 is 5.91 Å². The van der Waals surface area contributed by atoms with Crippen LogP contribution in [-0.4, -0.2) is 31.7 Å². The van der Waals surface area contributed by atoms with Crippen molar-refractivity contribution in [1.82, 2.24) is 10.6 Å². The average Bonchev–Trinajstić information content (AvgIpc) is 2.47. The van der Waals surface area contributed by atoms with Gasteiger partial charge in [0.25, 0.3) is 5.91 Å². The van der Waals surface area contributed by atoms with Crippen molar-refractivity contribution in [1.29, 1.82) is 0 Å². The van der Waals surface area contributed by atoms with Crippen molar-refractivity contribution in [3.05, 3.63) is 23.8 Å². The Hall–Kier alpha value is -1.75. The topological polar surface area (TPSA) is 59.6 Å². The van der Waals surface area contributed by atoms with Crippen LogP contribution in [-0.2, 0) is 11.3 Å². The second kappa shape index (κ2) is 9.23. The van der Waals surface area contributed by atoms with Gasteiger partial charge in [0.1, 0.15) is 0 Å². The standard InChI is InChI=1S/C16H26N2O3/c1-5-17-11-13-8-9-14(15(10-13)20-7-3)21-12(4)16(19)18-6-2/h8-10,12,17H,5-7,11H2,1-4H3,(H,18,19). The normalized spacial score (nSPS) is 11.8. The highest BCUT2D eigenvalue weighted by Gasteiger charge is 2.16. The molecule has 0 heterocycles. The van der Waals surface area contributed by atoms with Crippen molar-refractivity contribution in [2.75, 3.05) is 19.7 Å². The van der Waals surface area contributed by atoms with Gasteiger partial charge in [-0.2, -0.15) is 0 Å². The van der Waals surface area contributed by atoms with Gasteiger partial charge in [-0.05, 0) is 45.0 Å². The Morgan fingerprint density at radius 3 is 2.57 bits per heavy atom. The van der Waals surface area contributed by atoms with Crippen molar-refractivity contribution in [2.45, 2.75) is 40.3 Å². The molecule has 0 bridgehead atoms. The molecule has 118 valence electrons. The summed E-state index contributed by atoms with van der Waals surface area (Å²) in [6, 6.07) is 5.78. The van der Waals surface area contributed by atoms with Gasteiger partial charge in [0.2, 0.25) is 0 Å². The van der Waals surface area contributed by atoms with Crippen LogP contribution in [0.2, 0.25) is 0 Å². The fourth-order valence-corrected chi connectivity index (χ4v) is 1.86. The first-order valence-electron chi connectivity index (χ1n) is 7.53. The van der Waals surface area contributed by atoms with E-state index in [0.29, 0.717) is 24.7 Å². The van der Waals surface area contributed by atoms with Crippen LogP contribution in [0.5, 0.6) is 11.5 Å². The molecule has 0 fully saturated rings. The first kappa shape index (κ1) is 17.3. The summed E-state index contributed by atoms with van der Waals surface area (Å²) in [6.07, 6.45) is -0.552. The van der Waals surface area contributed by atoms with Crippen LogP contribution >= 0.6 is 0 Å². The summed E-state index contributed by atoms with van der Waals surface area (Å²) in [6.45, 7) is 10.4. The Labute approximate surface area is 127 Å². The fourth-order valence-electron chi connectivity index (χ4n) is 1.86. The number of carbonyl (C=O) groups is 1. The fraction of sp³-hybridized carbons (Fsp3) is 0.562. The summed E-state index contributed by atoms with van der Waals surface area (Å²) in [5, 5.41) is 6.01. The quantitative estimate of drug-likeness (QED) is 0.732. The van der Waals surface area contributed by atoms with Crippen LogP contribution in [0.25, 0.3) is 0 Å². The summed E-state index contributed by atoms with van der Waals surface area (Å²) >= 11 is 0. The van der Waals surface area contributed by atoms with E-state index in [9.17, 15) is 4.79 Å². The number of hydrogen-bond acceptors (Lipinski definition) is 4. The summed E-state index contributed by atoms with van der Waals surface area (Å²) in [7, 11) is 0. The molecule has 1 amide bonds. The van der Waals surface area contributed by atoms with Crippen molar-refractivity contribution < 1.29 is 14.3 Å². The van der Waals surface area contributed by atoms with Crippen LogP contribution in [0.15, 0.2) is 18.2 Å². The molecular formula is C16H26N2O3. The number of benzene rings is 1. The number of ether oxygens (including phenoxy) is 2. The van der Waals surface area contributed by atoms with Crippen molar-refractivity contribution in [3.8, 4) is 11.5 Å². The third-order valence-electron chi connectivity index (χ3n) is 2.91. The largest absolute Gasteiger partial charge is 0.490 e. The first-order chi connectivity index (χ1) is 10.1. The lowest BCUT2D eigenvalue weighted by Crippen LogP contribution is -2.36. The Kier molecular flexibility index (Phi) is 7.61. The predicted molar refractivity (Wildman–Crippen MR) is 83.8 cm³/mol. The van der Waals surface area contributed by atoms with Crippen molar-refractivity contribution in [2.24, 2.45) is 0 Å². The van der Waals surface area contributed by atoms with Crippen molar-refractivity contribution in [3.63, 3.8) is 0 Å². The molecule has 1 atom stereocenters. The van der Waals surface area contributed by atoms with Gasteiger partial charge in [0.15, 0.2) is 17.6 Å². The van der Waals surface area contributed by atoms with Gasteiger partial charge in [-0.1, -0.05) is 13.0 Å². The zero-order valence-electron chi connectivity index (χ0n) is 13.4. The molecule has 0 saturated carbocycles. The lowest BCUT2D eigenvalue weighted by atomic mass is 10.2. The molecular weight excluding hydrogens is 268 g/mol. The molecule has 1 unspecified atom stereocenters. The first-order valence-corrected chi connectivity index (χ1v) is 7.53. The molecule has 0 aliphatic rings. The van der Waals surface area contributed by atoms with E-state index in [1.165, 1.54) is 0 Å². The maximum Gasteiger partial charge on any atom is 0.260 e. The monoisotopic (exact) mass is 294 g/mol. The molecule has 2 N–H and O–H groups in total. The lowest BCUT2D eigenvalue weighted by molar-refractivity contribution is -0.127. The van der Waals surface area contributed by atoms with Gasteiger partial charge in [0.05, 0.1) is 6.61 Å². The van der Waals surface area contributed by atoms with E-state index in [-0.39, 0.29) is 5.91 Å². The highest BCUT2D eigenvalue weighted by molar-refractivity contribution is 5.80. The van der Waals surface area contributed by atoms with E-state index < -0.39 is 6.10 Å². The van der Waals surface area contributed by atoms with Gasteiger partial charge >= 0.3 is 0 Å². The van der Waals surface area contributed by atoms with Crippen LogP contribution in [0.1, 0.15) is 33.3 Å². The summed E-state index contributed by atoms with van der Waals surface area (Å²) < 4.78 is 11.3. The molecule has 0 aliphatic carbocycles. The molecule has 0 radical (unpaired) electrons. The smallest absolute Gasteiger partial charge is 0.260 e. The van der Waals surface area contributed by atoms with Gasteiger partial charge < -0.3 is 20.1 Å². The lowest BCUT2D eigenvalue weighted by Gasteiger charge is -2.17. The molecule has 1 aromatic carbocycles. The molecule has 0 aliphatic heterocycles. The Morgan fingerprint density at radius 1 is 1.19 bits per heavy atom. The summed E-state index contributed by atoms with van der Waals surface area (Å²) in [5.74, 6) is 1.14. The van der Waals surface area contributed by atoms with Gasteiger partial charge in [-0.3, -0.25) is 4.79 Å². The Morgan fingerprint density at radius 2 is 1.95 bits per heavy atom. The zero-order valence-corrected chi connectivity index (χ0v) is 13.4. The number of likely N-dealkylation sites (N-methyl/N-ethyl adjacent to an activating group) is 1. The maximum atomic E-state index is 11.7. The minimum atomic E-state index is -0.552. The number of nitrogens with one attached hydrogen (secondary N) is 2. The highest BCUT2D eigenvalue weighted by atomic mass is 16.5. The second-order valence-electron chi connectivity index (χ2n) is 4.65. The molecule has 21 heavy (non-hydrogen) atoms. The minimum absolute atomic E-state index is 0.128. The Bertz CT molecular complexity index is 449. The third kappa shape index (κ3) is 5.63. The van der Waals surface area contributed by atoms with Crippen LogP contribution in [0.4, 0.5) is 0 Å². The highest BCUT2D eigenvalue weighted by Crippen LogP contribution is 2.29. The van der Waals surface area contributed by atoms with E-state index in [1.54, 1.807) is 6.92 Å². The molecule has 5 heteroatoms. The summed E-state index contributed by atoms with van der Waals surface area (Å²) in [5.41, 5.74) is 1.12. The predicted octanol–water partition coefficient (Wildman–Crippen LogP) is 2.10. The SMILES string of the molecule is CCNCc1ccc(OC(C)C(=O)NCC)c(OCC)c1. The third-order valence-corrected chi connectivity index (χ3v) is 2.91. The van der Waals surface area contributed by atoms with Crippen LogP contribution in [0.3, 0.4) is 0 Å². The molecule has 1 aromatic rings. The molecule has 0 saturated heterocycles. The Balaban J connectivity index is 2.82. The van der Waals surface area contributed by atoms with Crippen LogP contribution < -0.4 is 20.1 Å². The van der Waals surface area contributed by atoms with E-state index in [0.717, 1.165) is 18.7 Å². The van der Waals surface area contributed by atoms with E-state index >= 15 is 0 Å². The van der Waals surface area contributed by atoms with Gasteiger partial charge in [0, 0.05) is 13.1 Å². The van der Waals surface area contributed by atoms with Gasteiger partial charge in [-0.25, -0.2) is 0 Å². The average molecular weight is 294 g/mol. The molecule has 1 rings (SSSR count). The van der Waals surface area contributed by atoms with Crippen LogP contribution in [0, 0.1) is 0 Å². The summed E-state index contributed by atoms with van der Waals surface area (Å²) in [4.78, 5) is 11.7. The van der Waals surface area contributed by atoms with E-state index in [2.05, 4.69) is 17.6 Å². The molecule has 0 spiro atoms. The van der Waals surface area contributed by atoms with E-state index in [1.807, 2.05) is 32.0 Å². The second-order valence-corrected chi connectivity index (χ2v) is 4.65. The number of amides is 1. The van der Waals surface area contributed by atoms with E-state index in [4.69, 9.17) is 9.47 Å². The minimum Gasteiger partial charge on any atom is -0.490 e. The number of rotatable bonds is 9. The molecule has 5 nitrogen and oxygen atoms in total. The zero-order chi connectivity index (χ0) is 15.7. The van der Waals surface area contributed by atoms with Gasteiger partial charge in [-0.15, -0.1) is 0 Å².